The predicted octanol–water partition coefficient (Wildman–Crippen LogP) is -1.72. The molecule has 4 unspecified atom stereocenters. The van der Waals surface area contributed by atoms with Gasteiger partial charge in [-0.15, -0.1) is 0 Å². The number of carbonyl (C=O) groups is 6. The lowest BCUT2D eigenvalue weighted by atomic mass is 10.0. The molecule has 0 aromatic heterocycles. The summed E-state index contributed by atoms with van der Waals surface area (Å²) in [5, 5.41) is 16.8. The van der Waals surface area contributed by atoms with Crippen LogP contribution in [0.4, 0.5) is 0 Å². The van der Waals surface area contributed by atoms with Crippen molar-refractivity contribution in [3.8, 4) is 0 Å². The van der Waals surface area contributed by atoms with Crippen LogP contribution in [0.2, 0.25) is 0 Å². The lowest BCUT2D eigenvalue weighted by Gasteiger charge is -2.25. The summed E-state index contributed by atoms with van der Waals surface area (Å²) < 4.78 is 0. The summed E-state index contributed by atoms with van der Waals surface area (Å²) in [6.45, 7) is 3.59. The summed E-state index contributed by atoms with van der Waals surface area (Å²) in [5.74, 6) is -5.34. The molecule has 1 aromatic rings. The first-order chi connectivity index (χ1) is 17.3. The van der Waals surface area contributed by atoms with Crippen LogP contribution < -0.4 is 33.2 Å². The maximum Gasteiger partial charge on any atom is 0.326 e. The number of nitrogens with two attached hydrogens (primary N) is 3. The average molecular weight is 521 g/mol. The average Bonchev–Trinajstić information content (AvgIpc) is 2.80. The fourth-order valence-electron chi connectivity index (χ4n) is 3.42. The van der Waals surface area contributed by atoms with Crippen LogP contribution in [0, 0.1) is 5.92 Å². The SMILES string of the molecule is CC(C)CC(NC(=O)C(CC(N)=O)NC(=O)C(N)CCC(N)=O)C(=O)NC(Cc1ccccc1)C(=O)O. The lowest BCUT2D eigenvalue weighted by Crippen LogP contribution is -2.58. The van der Waals surface area contributed by atoms with E-state index in [4.69, 9.17) is 17.2 Å². The molecule has 0 aliphatic rings. The van der Waals surface area contributed by atoms with Gasteiger partial charge in [0.15, 0.2) is 0 Å². The van der Waals surface area contributed by atoms with Crippen LogP contribution in [0.1, 0.15) is 45.1 Å². The van der Waals surface area contributed by atoms with Crippen LogP contribution in [0.5, 0.6) is 0 Å². The highest BCUT2D eigenvalue weighted by molar-refractivity contribution is 5.96. The minimum absolute atomic E-state index is 0.0216. The molecule has 0 aliphatic carbocycles. The minimum atomic E-state index is -1.45. The molecule has 37 heavy (non-hydrogen) atoms. The molecule has 10 N–H and O–H groups in total. The van der Waals surface area contributed by atoms with Gasteiger partial charge in [-0.25, -0.2) is 4.79 Å². The number of amides is 5. The monoisotopic (exact) mass is 520 g/mol. The van der Waals surface area contributed by atoms with E-state index in [1.807, 2.05) is 0 Å². The van der Waals surface area contributed by atoms with Crippen LogP contribution in [0.15, 0.2) is 30.3 Å². The molecule has 0 aliphatic heterocycles. The van der Waals surface area contributed by atoms with Crippen molar-refractivity contribution >= 4 is 35.5 Å². The van der Waals surface area contributed by atoms with E-state index in [2.05, 4.69) is 16.0 Å². The molecule has 5 amide bonds. The molecule has 0 saturated heterocycles. The summed E-state index contributed by atoms with van der Waals surface area (Å²) >= 11 is 0. The third-order valence-corrected chi connectivity index (χ3v) is 5.31. The molecule has 0 heterocycles. The van der Waals surface area contributed by atoms with Crippen molar-refractivity contribution in [3.05, 3.63) is 35.9 Å². The van der Waals surface area contributed by atoms with E-state index in [9.17, 15) is 33.9 Å². The molecule has 4 atom stereocenters. The van der Waals surface area contributed by atoms with Crippen LogP contribution in [0.25, 0.3) is 0 Å². The zero-order valence-corrected chi connectivity index (χ0v) is 20.9. The molecule has 0 fully saturated rings. The van der Waals surface area contributed by atoms with Gasteiger partial charge in [0.2, 0.25) is 29.5 Å². The second kappa shape index (κ2) is 15.2. The van der Waals surface area contributed by atoms with Crippen molar-refractivity contribution < 1.29 is 33.9 Å². The summed E-state index contributed by atoms with van der Waals surface area (Å²) in [6.07, 6.45) is -0.658. The third kappa shape index (κ3) is 12.0. The smallest absolute Gasteiger partial charge is 0.326 e. The number of nitrogens with one attached hydrogen (secondary N) is 3. The van der Waals surface area contributed by atoms with Crippen molar-refractivity contribution in [2.45, 2.75) is 70.1 Å². The standard InChI is InChI=1S/C24H36N6O7/c1-13(2)10-16(22(34)30-18(24(36)37)11-14-6-4-3-5-7-14)29-23(35)17(12-20(27)32)28-21(33)15(25)8-9-19(26)31/h3-7,13,15-18H,8-12,25H2,1-2H3,(H2,26,31)(H2,27,32)(H,28,33)(H,29,35)(H,30,34)(H,36,37). The molecular weight excluding hydrogens is 484 g/mol. The normalized spacial score (nSPS) is 14.1. The topological polar surface area (TPSA) is 237 Å². The molecule has 0 saturated carbocycles. The molecule has 13 heteroatoms. The fourth-order valence-corrected chi connectivity index (χ4v) is 3.42. The first kappa shape index (κ1) is 31.0. The van der Waals surface area contributed by atoms with Crippen molar-refractivity contribution in [1.82, 2.24) is 16.0 Å². The Hall–Kier alpha value is -4.00. The second-order valence-electron chi connectivity index (χ2n) is 9.12. The van der Waals surface area contributed by atoms with E-state index < -0.39 is 66.1 Å². The number of carbonyl (C=O) groups excluding carboxylic acids is 5. The van der Waals surface area contributed by atoms with Gasteiger partial charge in [-0.3, -0.25) is 24.0 Å². The first-order valence-electron chi connectivity index (χ1n) is 11.8. The maximum atomic E-state index is 13.0. The van der Waals surface area contributed by atoms with Crippen molar-refractivity contribution in [2.75, 3.05) is 0 Å². The highest BCUT2D eigenvalue weighted by atomic mass is 16.4. The first-order valence-corrected chi connectivity index (χ1v) is 11.8. The molecule has 1 aromatic carbocycles. The van der Waals surface area contributed by atoms with Gasteiger partial charge in [0.05, 0.1) is 12.5 Å². The zero-order valence-electron chi connectivity index (χ0n) is 20.9. The second-order valence-corrected chi connectivity index (χ2v) is 9.12. The summed E-state index contributed by atoms with van der Waals surface area (Å²) in [5.41, 5.74) is 16.7. The lowest BCUT2D eigenvalue weighted by molar-refractivity contribution is -0.142. The van der Waals surface area contributed by atoms with Crippen LogP contribution in [-0.2, 0) is 35.2 Å². The number of benzene rings is 1. The highest BCUT2D eigenvalue weighted by Gasteiger charge is 2.31. The Kier molecular flexibility index (Phi) is 12.7. The van der Waals surface area contributed by atoms with E-state index in [-0.39, 0.29) is 31.6 Å². The third-order valence-electron chi connectivity index (χ3n) is 5.31. The Labute approximate surface area is 214 Å². The van der Waals surface area contributed by atoms with Gasteiger partial charge < -0.3 is 38.3 Å². The van der Waals surface area contributed by atoms with E-state index in [0.717, 1.165) is 0 Å². The van der Waals surface area contributed by atoms with Gasteiger partial charge in [0, 0.05) is 12.8 Å². The van der Waals surface area contributed by atoms with E-state index in [1.54, 1.807) is 44.2 Å². The van der Waals surface area contributed by atoms with Crippen molar-refractivity contribution in [1.29, 1.82) is 0 Å². The van der Waals surface area contributed by atoms with Crippen molar-refractivity contribution in [3.63, 3.8) is 0 Å². The summed E-state index contributed by atoms with van der Waals surface area (Å²) in [7, 11) is 0. The molecule has 0 radical (unpaired) electrons. The van der Waals surface area contributed by atoms with E-state index in [1.165, 1.54) is 0 Å². The van der Waals surface area contributed by atoms with E-state index >= 15 is 0 Å². The number of aliphatic carboxylic acids is 1. The van der Waals surface area contributed by atoms with Crippen LogP contribution in [-0.4, -0.2) is 64.8 Å². The number of rotatable bonds is 16. The maximum absolute atomic E-state index is 13.0. The molecular formula is C24H36N6O7. The van der Waals surface area contributed by atoms with Crippen LogP contribution in [0.3, 0.4) is 0 Å². The zero-order chi connectivity index (χ0) is 28.1. The predicted molar refractivity (Wildman–Crippen MR) is 133 cm³/mol. The molecule has 0 spiro atoms. The molecule has 204 valence electrons. The molecule has 1 rings (SSSR count). The summed E-state index contributed by atoms with van der Waals surface area (Å²) in [4.78, 5) is 72.6. The number of hydrogen-bond donors (Lipinski definition) is 7. The van der Waals surface area contributed by atoms with Gasteiger partial charge in [-0.05, 0) is 24.3 Å². The minimum Gasteiger partial charge on any atom is -0.480 e. The number of hydrogen-bond acceptors (Lipinski definition) is 7. The van der Waals surface area contributed by atoms with Gasteiger partial charge in [-0.1, -0.05) is 44.2 Å². The van der Waals surface area contributed by atoms with Gasteiger partial charge in [0.25, 0.3) is 0 Å². The Morgan fingerprint density at radius 3 is 1.86 bits per heavy atom. The Balaban J connectivity index is 2.99. The Morgan fingerprint density at radius 2 is 1.35 bits per heavy atom. The molecule has 0 bridgehead atoms. The van der Waals surface area contributed by atoms with Gasteiger partial charge in [0.1, 0.15) is 18.1 Å². The number of carboxylic acid groups (broad SMARTS) is 1. The largest absolute Gasteiger partial charge is 0.480 e. The van der Waals surface area contributed by atoms with Gasteiger partial charge in [-0.2, -0.15) is 0 Å². The fraction of sp³-hybridized carbons (Fsp3) is 0.500. The number of carboxylic acids is 1. The van der Waals surface area contributed by atoms with E-state index in [0.29, 0.717) is 5.56 Å². The van der Waals surface area contributed by atoms with Crippen molar-refractivity contribution in [2.24, 2.45) is 23.1 Å². The quantitative estimate of drug-likeness (QED) is 0.132. The van der Waals surface area contributed by atoms with Crippen LogP contribution >= 0.6 is 0 Å². The highest BCUT2D eigenvalue weighted by Crippen LogP contribution is 2.09. The molecule has 13 nitrogen and oxygen atoms in total. The number of primary amides is 2. The Morgan fingerprint density at radius 1 is 0.811 bits per heavy atom. The Bertz CT molecular complexity index is 970. The summed E-state index contributed by atoms with van der Waals surface area (Å²) in [6, 6.07) is 3.65. The van der Waals surface area contributed by atoms with Gasteiger partial charge >= 0.3 is 5.97 Å².